The Bertz CT molecular complexity index is 1250. The second kappa shape index (κ2) is 9.28. The van der Waals surface area contributed by atoms with Crippen molar-refractivity contribution in [1.82, 2.24) is 14.5 Å². The average molecular weight is 485 g/mol. The summed E-state index contributed by atoms with van der Waals surface area (Å²) in [4.78, 5) is 14.9. The highest BCUT2D eigenvalue weighted by atomic mass is 32.2. The molecule has 0 atom stereocenters. The van der Waals surface area contributed by atoms with E-state index in [1.54, 1.807) is 27.4 Å². The zero-order chi connectivity index (χ0) is 22.8. The highest BCUT2D eigenvalue weighted by Crippen LogP contribution is 2.33. The SMILES string of the molecule is O=C(CSc1nnc(-c2ccccc2)o1)N1CCc2cc(S(=O)(=O)N3CCCCC3)ccc21. The third kappa shape index (κ3) is 4.55. The Hall–Kier alpha value is -2.69. The maximum Gasteiger partial charge on any atom is 0.277 e. The van der Waals surface area contributed by atoms with Gasteiger partial charge < -0.3 is 9.32 Å². The Morgan fingerprint density at radius 2 is 1.79 bits per heavy atom. The summed E-state index contributed by atoms with van der Waals surface area (Å²) in [5, 5.41) is 8.41. The van der Waals surface area contributed by atoms with Gasteiger partial charge in [-0.15, -0.1) is 10.2 Å². The van der Waals surface area contributed by atoms with E-state index in [1.807, 2.05) is 30.3 Å². The van der Waals surface area contributed by atoms with Gasteiger partial charge in [0, 0.05) is 30.9 Å². The first kappa shape index (κ1) is 22.1. The fraction of sp³-hybridized carbons (Fsp3) is 0.348. The third-order valence-corrected chi connectivity index (χ3v) is 8.64. The zero-order valence-corrected chi connectivity index (χ0v) is 19.6. The van der Waals surface area contributed by atoms with E-state index in [0.29, 0.717) is 42.1 Å². The lowest BCUT2D eigenvalue weighted by Gasteiger charge is -2.26. The van der Waals surface area contributed by atoms with Crippen LogP contribution in [-0.4, -0.2) is 54.2 Å². The maximum atomic E-state index is 13.0. The molecule has 5 rings (SSSR count). The van der Waals surface area contributed by atoms with Gasteiger partial charge in [-0.25, -0.2) is 8.42 Å². The summed E-state index contributed by atoms with van der Waals surface area (Å²) in [5.41, 5.74) is 2.48. The number of thioether (sulfide) groups is 1. The van der Waals surface area contributed by atoms with Crippen molar-refractivity contribution < 1.29 is 17.6 Å². The minimum Gasteiger partial charge on any atom is -0.411 e. The van der Waals surface area contributed by atoms with E-state index < -0.39 is 10.0 Å². The molecule has 10 heteroatoms. The van der Waals surface area contributed by atoms with Crippen molar-refractivity contribution in [3.05, 3.63) is 54.1 Å². The van der Waals surface area contributed by atoms with Crippen molar-refractivity contribution in [2.75, 3.05) is 30.3 Å². The van der Waals surface area contributed by atoms with Crippen molar-refractivity contribution in [1.29, 1.82) is 0 Å². The number of hydrogen-bond acceptors (Lipinski definition) is 7. The fourth-order valence-electron chi connectivity index (χ4n) is 4.22. The van der Waals surface area contributed by atoms with E-state index in [1.165, 1.54) is 11.8 Å². The van der Waals surface area contributed by atoms with E-state index in [0.717, 1.165) is 36.1 Å². The van der Waals surface area contributed by atoms with Crippen LogP contribution in [-0.2, 0) is 21.2 Å². The van der Waals surface area contributed by atoms with Crippen LogP contribution in [0.15, 0.2) is 63.1 Å². The topological polar surface area (TPSA) is 96.6 Å². The van der Waals surface area contributed by atoms with Gasteiger partial charge in [0.05, 0.1) is 10.6 Å². The average Bonchev–Trinajstić information content (AvgIpc) is 3.51. The highest BCUT2D eigenvalue weighted by Gasteiger charge is 2.30. The number of sulfonamides is 1. The van der Waals surface area contributed by atoms with E-state index in [4.69, 9.17) is 4.42 Å². The van der Waals surface area contributed by atoms with Crippen LogP contribution in [0.2, 0.25) is 0 Å². The molecule has 1 amide bonds. The number of carbonyl (C=O) groups excluding carboxylic acids is 1. The third-order valence-electron chi connectivity index (χ3n) is 5.95. The monoisotopic (exact) mass is 484 g/mol. The first-order valence-corrected chi connectivity index (χ1v) is 13.4. The lowest BCUT2D eigenvalue weighted by atomic mass is 10.2. The number of amides is 1. The second-order valence-electron chi connectivity index (χ2n) is 8.08. The smallest absolute Gasteiger partial charge is 0.277 e. The van der Waals surface area contributed by atoms with Gasteiger partial charge in [0.25, 0.3) is 5.22 Å². The van der Waals surface area contributed by atoms with Crippen LogP contribution in [0.4, 0.5) is 5.69 Å². The number of fused-ring (bicyclic) bond motifs is 1. The molecular formula is C23H24N4O4S2. The van der Waals surface area contributed by atoms with Gasteiger partial charge in [-0.1, -0.05) is 36.4 Å². The summed E-state index contributed by atoms with van der Waals surface area (Å²) in [6.45, 7) is 1.67. The van der Waals surface area contributed by atoms with Gasteiger partial charge in [-0.2, -0.15) is 4.31 Å². The molecule has 1 aromatic heterocycles. The Labute approximate surface area is 197 Å². The fourth-order valence-corrected chi connectivity index (χ4v) is 6.43. The summed E-state index contributed by atoms with van der Waals surface area (Å²) in [6, 6.07) is 14.6. The van der Waals surface area contributed by atoms with E-state index in [9.17, 15) is 13.2 Å². The first-order valence-electron chi connectivity index (χ1n) is 11.0. The molecule has 0 N–H and O–H groups in total. The molecule has 0 radical (unpaired) electrons. The standard InChI is InChI=1S/C23H24N4O4S2/c28-21(16-32-23-25-24-22(31-23)17-7-3-1-4-8-17)27-14-11-18-15-19(9-10-20(18)27)33(29,30)26-12-5-2-6-13-26/h1,3-4,7-10,15H,2,5-6,11-14,16H2. The van der Waals surface area contributed by atoms with Gasteiger partial charge in [-0.05, 0) is 55.2 Å². The van der Waals surface area contributed by atoms with E-state index >= 15 is 0 Å². The van der Waals surface area contributed by atoms with Crippen molar-refractivity contribution in [3.8, 4) is 11.5 Å². The predicted molar refractivity (Wildman–Crippen MR) is 126 cm³/mol. The van der Waals surface area contributed by atoms with Crippen LogP contribution >= 0.6 is 11.8 Å². The number of piperidine rings is 1. The molecule has 1 saturated heterocycles. The summed E-state index contributed by atoms with van der Waals surface area (Å²) < 4.78 is 33.2. The Kier molecular flexibility index (Phi) is 6.22. The van der Waals surface area contributed by atoms with Crippen LogP contribution < -0.4 is 4.90 Å². The Balaban J connectivity index is 1.25. The number of aromatic nitrogens is 2. The molecule has 3 aromatic rings. The summed E-state index contributed by atoms with van der Waals surface area (Å²) >= 11 is 1.20. The Morgan fingerprint density at radius 3 is 2.58 bits per heavy atom. The molecule has 1 fully saturated rings. The predicted octanol–water partition coefficient (Wildman–Crippen LogP) is 3.59. The quantitative estimate of drug-likeness (QED) is 0.493. The van der Waals surface area contributed by atoms with Gasteiger partial charge in [-0.3, -0.25) is 4.79 Å². The minimum atomic E-state index is -3.49. The van der Waals surface area contributed by atoms with Crippen LogP contribution in [0.5, 0.6) is 0 Å². The van der Waals surface area contributed by atoms with Crippen molar-refractivity contribution in [2.45, 2.75) is 35.8 Å². The molecule has 0 bridgehead atoms. The Morgan fingerprint density at radius 1 is 1.00 bits per heavy atom. The molecule has 2 aliphatic heterocycles. The maximum absolute atomic E-state index is 13.0. The number of anilines is 1. The number of hydrogen-bond donors (Lipinski definition) is 0. The highest BCUT2D eigenvalue weighted by molar-refractivity contribution is 7.99. The molecule has 2 aromatic carbocycles. The van der Waals surface area contributed by atoms with E-state index in [-0.39, 0.29) is 11.7 Å². The molecule has 172 valence electrons. The zero-order valence-electron chi connectivity index (χ0n) is 18.0. The largest absolute Gasteiger partial charge is 0.411 e. The van der Waals surface area contributed by atoms with Crippen LogP contribution in [0.3, 0.4) is 0 Å². The molecule has 0 spiro atoms. The van der Waals surface area contributed by atoms with Crippen molar-refractivity contribution >= 4 is 33.4 Å². The van der Waals surface area contributed by atoms with Crippen LogP contribution in [0.25, 0.3) is 11.5 Å². The first-order chi connectivity index (χ1) is 16.0. The molecule has 2 aliphatic rings. The van der Waals surface area contributed by atoms with E-state index in [2.05, 4.69) is 10.2 Å². The molecule has 0 aliphatic carbocycles. The number of carbonyl (C=O) groups is 1. The van der Waals surface area contributed by atoms with Gasteiger partial charge in [0.2, 0.25) is 21.8 Å². The number of benzene rings is 2. The molecular weight excluding hydrogens is 460 g/mol. The van der Waals surface area contributed by atoms with Crippen molar-refractivity contribution in [2.24, 2.45) is 0 Å². The molecule has 3 heterocycles. The lowest BCUT2D eigenvalue weighted by Crippen LogP contribution is -2.35. The summed E-state index contributed by atoms with van der Waals surface area (Å²) in [5.74, 6) is 0.494. The molecule has 8 nitrogen and oxygen atoms in total. The summed E-state index contributed by atoms with van der Waals surface area (Å²) in [7, 11) is -3.49. The van der Waals surface area contributed by atoms with Crippen LogP contribution in [0.1, 0.15) is 24.8 Å². The second-order valence-corrected chi connectivity index (χ2v) is 10.9. The minimum absolute atomic E-state index is 0.0788. The molecule has 33 heavy (non-hydrogen) atoms. The van der Waals surface area contributed by atoms with Crippen molar-refractivity contribution in [3.63, 3.8) is 0 Å². The number of rotatable bonds is 6. The van der Waals surface area contributed by atoms with Gasteiger partial charge >= 0.3 is 0 Å². The van der Waals surface area contributed by atoms with Gasteiger partial charge in [0.15, 0.2) is 0 Å². The number of nitrogens with zero attached hydrogens (tertiary/aromatic N) is 4. The normalized spacial score (nSPS) is 16.7. The van der Waals surface area contributed by atoms with Crippen LogP contribution in [0, 0.1) is 0 Å². The summed E-state index contributed by atoms with van der Waals surface area (Å²) in [6.07, 6.45) is 3.50. The molecule has 0 unspecified atom stereocenters. The van der Waals surface area contributed by atoms with Gasteiger partial charge in [0.1, 0.15) is 0 Å². The lowest BCUT2D eigenvalue weighted by molar-refractivity contribution is -0.116. The molecule has 0 saturated carbocycles.